The van der Waals surface area contributed by atoms with E-state index in [-0.39, 0.29) is 5.82 Å². The third kappa shape index (κ3) is 1.59. The van der Waals surface area contributed by atoms with Crippen molar-refractivity contribution >= 4 is 10.9 Å². The maximum Gasteiger partial charge on any atom is 0.124 e. The van der Waals surface area contributed by atoms with Crippen molar-refractivity contribution in [2.24, 2.45) is 0 Å². The van der Waals surface area contributed by atoms with Gasteiger partial charge in [0.1, 0.15) is 5.82 Å². The van der Waals surface area contributed by atoms with Gasteiger partial charge < -0.3 is 5.32 Å². The molecule has 0 spiro atoms. The van der Waals surface area contributed by atoms with Crippen LogP contribution < -0.4 is 5.32 Å². The molecule has 72 valence electrons. The summed E-state index contributed by atoms with van der Waals surface area (Å²) in [5.74, 6) is -0.212. The Morgan fingerprint density at radius 3 is 3.07 bits per heavy atom. The molecule has 1 N–H and O–H groups in total. The Morgan fingerprint density at radius 2 is 2.29 bits per heavy atom. The van der Waals surface area contributed by atoms with Crippen molar-refractivity contribution < 1.29 is 4.39 Å². The second kappa shape index (κ2) is 3.72. The summed E-state index contributed by atoms with van der Waals surface area (Å²) in [5.41, 5.74) is 1.76. The molecule has 0 saturated heterocycles. The first-order chi connectivity index (χ1) is 6.81. The first-order valence-corrected chi connectivity index (χ1v) is 4.49. The second-order valence-corrected chi connectivity index (χ2v) is 3.17. The summed E-state index contributed by atoms with van der Waals surface area (Å²) in [6.07, 6.45) is 1.72. The molecule has 0 radical (unpaired) electrons. The lowest BCUT2D eigenvalue weighted by Crippen LogP contribution is -2.06. The van der Waals surface area contributed by atoms with Crippen molar-refractivity contribution in [3.8, 4) is 0 Å². The lowest BCUT2D eigenvalue weighted by atomic mass is 10.1. The molecule has 1 heterocycles. The van der Waals surface area contributed by atoms with Crippen LogP contribution in [0.1, 0.15) is 5.56 Å². The lowest BCUT2D eigenvalue weighted by molar-refractivity contribution is 0.626. The fourth-order valence-electron chi connectivity index (χ4n) is 1.55. The molecular formula is C11H11FN2. The Labute approximate surface area is 81.8 Å². The van der Waals surface area contributed by atoms with E-state index >= 15 is 0 Å². The Bertz CT molecular complexity index is 454. The van der Waals surface area contributed by atoms with Gasteiger partial charge in [-0.25, -0.2) is 4.39 Å². The minimum Gasteiger partial charge on any atom is -0.316 e. The molecular weight excluding hydrogens is 179 g/mol. The molecule has 0 aliphatic rings. The van der Waals surface area contributed by atoms with Gasteiger partial charge in [-0.2, -0.15) is 0 Å². The number of nitrogens with one attached hydrogen (secondary N) is 1. The van der Waals surface area contributed by atoms with Gasteiger partial charge in [0.2, 0.25) is 0 Å². The van der Waals surface area contributed by atoms with Crippen LogP contribution >= 0.6 is 0 Å². The summed E-state index contributed by atoms with van der Waals surface area (Å²) < 4.78 is 13.2. The molecule has 0 unspecified atom stereocenters. The molecule has 1 aromatic heterocycles. The van der Waals surface area contributed by atoms with Gasteiger partial charge in [0.25, 0.3) is 0 Å². The number of hydrogen-bond acceptors (Lipinski definition) is 2. The number of pyridine rings is 1. The molecule has 1 aromatic carbocycles. The first kappa shape index (κ1) is 9.09. The summed E-state index contributed by atoms with van der Waals surface area (Å²) in [5, 5.41) is 3.84. The van der Waals surface area contributed by atoms with Gasteiger partial charge in [-0.1, -0.05) is 6.07 Å². The molecule has 3 heteroatoms. The monoisotopic (exact) mass is 190 g/mol. The number of nitrogens with zero attached hydrogens (tertiary/aromatic N) is 1. The van der Waals surface area contributed by atoms with Gasteiger partial charge in [-0.05, 0) is 30.8 Å². The zero-order valence-corrected chi connectivity index (χ0v) is 7.92. The van der Waals surface area contributed by atoms with Crippen LogP contribution in [0.15, 0.2) is 30.5 Å². The molecule has 2 nitrogen and oxygen atoms in total. The first-order valence-electron chi connectivity index (χ1n) is 4.49. The van der Waals surface area contributed by atoms with E-state index in [4.69, 9.17) is 0 Å². The van der Waals surface area contributed by atoms with E-state index in [9.17, 15) is 4.39 Å². The number of aromatic nitrogens is 1. The number of halogens is 1. The largest absolute Gasteiger partial charge is 0.316 e. The molecule has 0 atom stereocenters. The third-order valence-electron chi connectivity index (χ3n) is 2.12. The Kier molecular flexibility index (Phi) is 2.41. The average Bonchev–Trinajstić information content (AvgIpc) is 2.18. The third-order valence-corrected chi connectivity index (χ3v) is 2.12. The number of hydrogen-bond donors (Lipinski definition) is 1. The Hall–Kier alpha value is -1.48. The highest BCUT2D eigenvalue weighted by Gasteiger charge is 2.03. The normalized spacial score (nSPS) is 10.7. The highest BCUT2D eigenvalue weighted by atomic mass is 19.1. The van der Waals surface area contributed by atoms with Gasteiger partial charge in [-0.3, -0.25) is 4.98 Å². The van der Waals surface area contributed by atoms with E-state index in [1.165, 1.54) is 12.1 Å². The van der Waals surface area contributed by atoms with Crippen LogP contribution in [0.4, 0.5) is 4.39 Å². The maximum atomic E-state index is 13.2. The standard InChI is InChI=1S/C11H11FN2/c1-13-7-9-6-10(12)5-8-3-2-4-14-11(8)9/h2-6,13H,7H2,1H3. The van der Waals surface area contributed by atoms with Crippen molar-refractivity contribution in [3.63, 3.8) is 0 Å². The minimum atomic E-state index is -0.212. The quantitative estimate of drug-likeness (QED) is 0.784. The van der Waals surface area contributed by atoms with Crippen LogP contribution in [0.5, 0.6) is 0 Å². The topological polar surface area (TPSA) is 24.9 Å². The van der Waals surface area contributed by atoms with Crippen molar-refractivity contribution in [2.75, 3.05) is 7.05 Å². The predicted molar refractivity (Wildman–Crippen MR) is 54.5 cm³/mol. The molecule has 14 heavy (non-hydrogen) atoms. The number of fused-ring (bicyclic) bond motifs is 1. The Morgan fingerprint density at radius 1 is 1.43 bits per heavy atom. The number of benzene rings is 1. The van der Waals surface area contributed by atoms with Crippen LogP contribution in [-0.4, -0.2) is 12.0 Å². The molecule has 0 saturated carbocycles. The highest BCUT2D eigenvalue weighted by molar-refractivity contribution is 5.81. The van der Waals surface area contributed by atoms with Crippen LogP contribution in [0, 0.1) is 5.82 Å². The van der Waals surface area contributed by atoms with E-state index in [0.717, 1.165) is 16.5 Å². The van der Waals surface area contributed by atoms with Crippen molar-refractivity contribution in [1.82, 2.24) is 10.3 Å². The van der Waals surface area contributed by atoms with E-state index < -0.39 is 0 Å². The van der Waals surface area contributed by atoms with Crippen LogP contribution in [0.2, 0.25) is 0 Å². The summed E-state index contributed by atoms with van der Waals surface area (Å²) in [4.78, 5) is 4.23. The smallest absolute Gasteiger partial charge is 0.124 e. The summed E-state index contributed by atoms with van der Waals surface area (Å²) >= 11 is 0. The lowest BCUT2D eigenvalue weighted by Gasteiger charge is -2.04. The summed E-state index contributed by atoms with van der Waals surface area (Å²) in [6, 6.07) is 6.70. The molecule has 2 aromatic rings. The molecule has 0 amide bonds. The van der Waals surface area contributed by atoms with Crippen LogP contribution in [0.25, 0.3) is 10.9 Å². The average molecular weight is 190 g/mol. The van der Waals surface area contributed by atoms with Gasteiger partial charge in [0.05, 0.1) is 5.52 Å². The van der Waals surface area contributed by atoms with Gasteiger partial charge in [0.15, 0.2) is 0 Å². The summed E-state index contributed by atoms with van der Waals surface area (Å²) in [6.45, 7) is 0.630. The van der Waals surface area contributed by atoms with Crippen molar-refractivity contribution in [3.05, 3.63) is 41.8 Å². The summed E-state index contributed by atoms with van der Waals surface area (Å²) in [7, 11) is 1.83. The molecule has 2 rings (SSSR count). The van der Waals surface area contributed by atoms with E-state index in [2.05, 4.69) is 10.3 Å². The minimum absolute atomic E-state index is 0.212. The molecule has 0 bridgehead atoms. The second-order valence-electron chi connectivity index (χ2n) is 3.17. The van der Waals surface area contributed by atoms with Gasteiger partial charge in [0, 0.05) is 18.1 Å². The SMILES string of the molecule is CNCc1cc(F)cc2cccnc12. The predicted octanol–water partition coefficient (Wildman–Crippen LogP) is 2.09. The zero-order chi connectivity index (χ0) is 9.97. The van der Waals surface area contributed by atoms with Gasteiger partial charge in [-0.15, -0.1) is 0 Å². The highest BCUT2D eigenvalue weighted by Crippen LogP contribution is 2.17. The maximum absolute atomic E-state index is 13.2. The van der Waals surface area contributed by atoms with E-state index in [1.54, 1.807) is 6.20 Å². The van der Waals surface area contributed by atoms with E-state index in [0.29, 0.717) is 6.54 Å². The van der Waals surface area contributed by atoms with Gasteiger partial charge >= 0.3 is 0 Å². The molecule has 0 aliphatic carbocycles. The van der Waals surface area contributed by atoms with E-state index in [1.807, 2.05) is 19.2 Å². The van der Waals surface area contributed by atoms with Crippen molar-refractivity contribution in [2.45, 2.75) is 6.54 Å². The molecule has 0 aliphatic heterocycles. The number of rotatable bonds is 2. The van der Waals surface area contributed by atoms with Crippen LogP contribution in [0.3, 0.4) is 0 Å². The molecule has 0 fully saturated rings. The zero-order valence-electron chi connectivity index (χ0n) is 7.92. The fourth-order valence-corrected chi connectivity index (χ4v) is 1.55. The van der Waals surface area contributed by atoms with Crippen molar-refractivity contribution in [1.29, 1.82) is 0 Å². The Balaban J connectivity index is 2.67. The van der Waals surface area contributed by atoms with Crippen LogP contribution in [-0.2, 0) is 6.54 Å². The fraction of sp³-hybridized carbons (Fsp3) is 0.182.